The number of nitrogens with one attached hydrogen (secondary N) is 1. The Morgan fingerprint density at radius 2 is 2.35 bits per heavy atom. The van der Waals surface area contributed by atoms with E-state index in [1.807, 2.05) is 6.92 Å². The highest BCUT2D eigenvalue weighted by Crippen LogP contribution is 2.19. The van der Waals surface area contributed by atoms with Crippen LogP contribution < -0.4 is 5.32 Å². The Hall–Kier alpha value is -1.35. The Balaban J connectivity index is 1.79. The zero-order chi connectivity index (χ0) is 11.7. The lowest BCUT2D eigenvalue weighted by Gasteiger charge is -2.23. The summed E-state index contributed by atoms with van der Waals surface area (Å²) in [5.74, 6) is 0.743. The first kappa shape index (κ1) is 10.8. The molecule has 1 aromatic carbocycles. The highest BCUT2D eigenvalue weighted by Gasteiger charge is 2.13. The van der Waals surface area contributed by atoms with Crippen molar-refractivity contribution >= 4 is 11.1 Å². The molecule has 1 fully saturated rings. The highest BCUT2D eigenvalue weighted by atomic mass is 16.3. The molecule has 90 valence electrons. The van der Waals surface area contributed by atoms with Gasteiger partial charge in [0.05, 0.1) is 0 Å². The summed E-state index contributed by atoms with van der Waals surface area (Å²) in [5.41, 5.74) is 3.21. The van der Waals surface area contributed by atoms with Crippen molar-refractivity contribution < 1.29 is 4.42 Å². The van der Waals surface area contributed by atoms with Gasteiger partial charge in [0.25, 0.3) is 0 Å². The summed E-state index contributed by atoms with van der Waals surface area (Å²) in [5, 5.41) is 3.57. The van der Waals surface area contributed by atoms with E-state index in [2.05, 4.69) is 28.5 Å². The molecule has 0 saturated carbocycles. The van der Waals surface area contributed by atoms with E-state index >= 15 is 0 Å². The van der Waals surface area contributed by atoms with E-state index in [4.69, 9.17) is 4.42 Å². The number of aromatic nitrogens is 1. The average Bonchev–Trinajstić information content (AvgIpc) is 2.70. The number of rotatable bonds is 2. The number of oxazole rings is 1. The molecule has 1 N–H and O–H groups in total. The maximum absolute atomic E-state index is 5.57. The Morgan fingerprint density at radius 1 is 1.41 bits per heavy atom. The predicted molar refractivity (Wildman–Crippen MR) is 68.1 cm³/mol. The molecule has 2 aromatic rings. The zero-order valence-corrected chi connectivity index (χ0v) is 10.2. The van der Waals surface area contributed by atoms with Crippen LogP contribution in [0, 0.1) is 6.92 Å². The molecule has 1 atom stereocenters. The molecule has 1 saturated heterocycles. The monoisotopic (exact) mass is 230 g/mol. The van der Waals surface area contributed by atoms with Gasteiger partial charge in [0.1, 0.15) is 5.52 Å². The van der Waals surface area contributed by atoms with E-state index in [0.717, 1.165) is 30.0 Å². The molecule has 3 rings (SSSR count). The van der Waals surface area contributed by atoms with Gasteiger partial charge >= 0.3 is 0 Å². The standard InChI is InChI=1S/C14H18N2O/c1-10-16-13-6-5-11(9-14(13)17-10)8-12-4-2-3-7-15-12/h5-6,9,12,15H,2-4,7-8H2,1H3. The fraction of sp³-hybridized carbons (Fsp3) is 0.500. The van der Waals surface area contributed by atoms with Crippen LogP contribution in [0.3, 0.4) is 0 Å². The van der Waals surface area contributed by atoms with Crippen LogP contribution in [-0.4, -0.2) is 17.6 Å². The van der Waals surface area contributed by atoms with Crippen molar-refractivity contribution in [2.75, 3.05) is 6.54 Å². The Bertz CT molecular complexity index is 512. The third-order valence-corrected chi connectivity index (χ3v) is 3.45. The fourth-order valence-electron chi connectivity index (χ4n) is 2.59. The van der Waals surface area contributed by atoms with E-state index in [-0.39, 0.29) is 0 Å². The first-order valence-electron chi connectivity index (χ1n) is 6.41. The van der Waals surface area contributed by atoms with Crippen LogP contribution in [0.5, 0.6) is 0 Å². The maximum atomic E-state index is 5.57. The van der Waals surface area contributed by atoms with E-state index in [1.165, 1.54) is 24.8 Å². The lowest BCUT2D eigenvalue weighted by atomic mass is 9.98. The van der Waals surface area contributed by atoms with Crippen molar-refractivity contribution in [3.8, 4) is 0 Å². The molecule has 0 spiro atoms. The average molecular weight is 230 g/mol. The minimum atomic E-state index is 0.630. The van der Waals surface area contributed by atoms with Gasteiger partial charge in [0.15, 0.2) is 11.5 Å². The van der Waals surface area contributed by atoms with Gasteiger partial charge in [-0.05, 0) is 43.5 Å². The Morgan fingerprint density at radius 3 is 3.18 bits per heavy atom. The Labute approximate surface area is 101 Å². The summed E-state index contributed by atoms with van der Waals surface area (Å²) in [6, 6.07) is 6.99. The summed E-state index contributed by atoms with van der Waals surface area (Å²) in [6.45, 7) is 3.05. The van der Waals surface area contributed by atoms with Gasteiger partial charge < -0.3 is 9.73 Å². The van der Waals surface area contributed by atoms with Crippen LogP contribution in [-0.2, 0) is 6.42 Å². The van der Waals surface area contributed by atoms with Crippen molar-refractivity contribution in [1.82, 2.24) is 10.3 Å². The SMILES string of the molecule is Cc1nc2ccc(CC3CCCCN3)cc2o1. The highest BCUT2D eigenvalue weighted by molar-refractivity contribution is 5.73. The van der Waals surface area contributed by atoms with Gasteiger partial charge in [-0.15, -0.1) is 0 Å². The molecule has 0 aliphatic carbocycles. The number of nitrogens with zero attached hydrogens (tertiary/aromatic N) is 1. The number of fused-ring (bicyclic) bond motifs is 1. The van der Waals surface area contributed by atoms with E-state index < -0.39 is 0 Å². The first-order chi connectivity index (χ1) is 8.31. The molecular formula is C14H18N2O. The second kappa shape index (κ2) is 4.49. The van der Waals surface area contributed by atoms with Gasteiger partial charge in [-0.1, -0.05) is 12.5 Å². The molecule has 1 aromatic heterocycles. The van der Waals surface area contributed by atoms with Crippen molar-refractivity contribution in [2.24, 2.45) is 0 Å². The Kier molecular flexibility index (Phi) is 2.85. The van der Waals surface area contributed by atoms with Crippen LogP contribution in [0.4, 0.5) is 0 Å². The molecule has 17 heavy (non-hydrogen) atoms. The smallest absolute Gasteiger partial charge is 0.192 e. The fourth-order valence-corrected chi connectivity index (χ4v) is 2.59. The third-order valence-electron chi connectivity index (χ3n) is 3.45. The summed E-state index contributed by atoms with van der Waals surface area (Å²) >= 11 is 0. The van der Waals surface area contributed by atoms with E-state index in [1.54, 1.807) is 0 Å². The largest absolute Gasteiger partial charge is 0.441 e. The molecule has 2 heterocycles. The lowest BCUT2D eigenvalue weighted by molar-refractivity contribution is 0.399. The quantitative estimate of drug-likeness (QED) is 0.862. The van der Waals surface area contributed by atoms with Gasteiger partial charge in [0.2, 0.25) is 0 Å². The molecule has 1 aliphatic rings. The van der Waals surface area contributed by atoms with E-state index in [9.17, 15) is 0 Å². The minimum Gasteiger partial charge on any atom is -0.441 e. The predicted octanol–water partition coefficient (Wildman–Crippen LogP) is 2.82. The number of hydrogen-bond donors (Lipinski definition) is 1. The maximum Gasteiger partial charge on any atom is 0.192 e. The van der Waals surface area contributed by atoms with Crippen LogP contribution in [0.15, 0.2) is 22.6 Å². The molecule has 1 unspecified atom stereocenters. The molecule has 3 heteroatoms. The molecule has 0 amide bonds. The topological polar surface area (TPSA) is 38.1 Å². The zero-order valence-electron chi connectivity index (χ0n) is 10.2. The van der Waals surface area contributed by atoms with Crippen molar-refractivity contribution in [3.05, 3.63) is 29.7 Å². The van der Waals surface area contributed by atoms with Crippen molar-refractivity contribution in [2.45, 2.75) is 38.6 Å². The lowest BCUT2D eigenvalue weighted by Crippen LogP contribution is -2.35. The van der Waals surface area contributed by atoms with Crippen molar-refractivity contribution in [3.63, 3.8) is 0 Å². The van der Waals surface area contributed by atoms with Gasteiger partial charge in [-0.2, -0.15) is 0 Å². The van der Waals surface area contributed by atoms with Crippen LogP contribution in [0.1, 0.15) is 30.7 Å². The first-order valence-corrected chi connectivity index (χ1v) is 6.41. The summed E-state index contributed by atoms with van der Waals surface area (Å²) in [4.78, 5) is 4.32. The van der Waals surface area contributed by atoms with Gasteiger partial charge in [-0.3, -0.25) is 0 Å². The molecule has 3 nitrogen and oxygen atoms in total. The van der Waals surface area contributed by atoms with Gasteiger partial charge in [0, 0.05) is 13.0 Å². The minimum absolute atomic E-state index is 0.630. The van der Waals surface area contributed by atoms with Crippen molar-refractivity contribution in [1.29, 1.82) is 0 Å². The third kappa shape index (κ3) is 2.34. The number of benzene rings is 1. The summed E-state index contributed by atoms with van der Waals surface area (Å²) in [6.07, 6.45) is 5.04. The summed E-state index contributed by atoms with van der Waals surface area (Å²) in [7, 11) is 0. The van der Waals surface area contributed by atoms with Crippen LogP contribution >= 0.6 is 0 Å². The van der Waals surface area contributed by atoms with E-state index in [0.29, 0.717) is 6.04 Å². The van der Waals surface area contributed by atoms with Crippen LogP contribution in [0.25, 0.3) is 11.1 Å². The summed E-state index contributed by atoms with van der Waals surface area (Å²) < 4.78 is 5.57. The second-order valence-corrected chi connectivity index (χ2v) is 4.89. The molecule has 0 radical (unpaired) electrons. The molecule has 0 bridgehead atoms. The number of aryl methyl sites for hydroxylation is 1. The number of hydrogen-bond acceptors (Lipinski definition) is 3. The van der Waals surface area contributed by atoms with Crippen LogP contribution in [0.2, 0.25) is 0 Å². The second-order valence-electron chi connectivity index (χ2n) is 4.89. The van der Waals surface area contributed by atoms with Gasteiger partial charge in [-0.25, -0.2) is 4.98 Å². The normalized spacial score (nSPS) is 20.9. The molecule has 1 aliphatic heterocycles. The molecular weight excluding hydrogens is 212 g/mol. The number of piperidine rings is 1.